The summed E-state index contributed by atoms with van der Waals surface area (Å²) in [7, 11) is 3.75. The highest BCUT2D eigenvalue weighted by molar-refractivity contribution is 14.0. The lowest BCUT2D eigenvalue weighted by molar-refractivity contribution is 0.469. The first-order chi connectivity index (χ1) is 14.0. The lowest BCUT2D eigenvalue weighted by atomic mass is 10.1. The van der Waals surface area contributed by atoms with Crippen LogP contribution >= 0.6 is 24.0 Å². The Morgan fingerprint density at radius 3 is 2.70 bits per heavy atom. The number of aryl methyl sites for hydroxylation is 1. The summed E-state index contributed by atoms with van der Waals surface area (Å²) < 4.78 is 14.6. The van der Waals surface area contributed by atoms with Crippen molar-refractivity contribution in [3.8, 4) is 11.8 Å². The molecule has 7 nitrogen and oxygen atoms in total. The average Bonchev–Trinajstić information content (AvgIpc) is 3.04. The minimum absolute atomic E-state index is 0. The van der Waals surface area contributed by atoms with Gasteiger partial charge in [-0.05, 0) is 49.9 Å². The van der Waals surface area contributed by atoms with Crippen LogP contribution < -0.4 is 11.1 Å². The molecule has 2 rings (SSSR count). The molecule has 0 aliphatic heterocycles. The monoisotopic (exact) mass is 525 g/mol. The molecule has 0 bridgehead atoms. The third kappa shape index (κ3) is 6.73. The molecule has 9 heteroatoms. The highest BCUT2D eigenvalue weighted by Crippen LogP contribution is 2.21. The number of aliphatic imine (C=N–C) groups is 1. The van der Waals surface area contributed by atoms with Crippen LogP contribution in [0.1, 0.15) is 30.5 Å². The normalized spacial score (nSPS) is 10.8. The number of unbranched alkanes of at least 4 members (excludes halogenated alkanes) is 1. The number of rotatable bonds is 9. The van der Waals surface area contributed by atoms with Gasteiger partial charge in [-0.2, -0.15) is 10.4 Å². The van der Waals surface area contributed by atoms with Crippen molar-refractivity contribution in [1.82, 2.24) is 20.0 Å². The summed E-state index contributed by atoms with van der Waals surface area (Å²) >= 11 is 0. The molecule has 0 saturated heterocycles. The van der Waals surface area contributed by atoms with Crippen molar-refractivity contribution in [2.75, 3.05) is 32.9 Å². The Labute approximate surface area is 194 Å². The van der Waals surface area contributed by atoms with Crippen LogP contribution in [-0.2, 0) is 6.42 Å². The SMILES string of the molecule is C=CCCCN(C)C(=NC)NCCCc1nn(-c2ccc(F)cc2)c(N)c1C#N.I. The number of hydrogen-bond donors (Lipinski definition) is 2. The lowest BCUT2D eigenvalue weighted by Crippen LogP contribution is -2.39. The summed E-state index contributed by atoms with van der Waals surface area (Å²) in [4.78, 5) is 6.37. The van der Waals surface area contributed by atoms with Crippen LogP contribution in [0.4, 0.5) is 10.2 Å². The zero-order valence-electron chi connectivity index (χ0n) is 17.4. The topological polar surface area (TPSA) is 95.3 Å². The second-order valence-electron chi connectivity index (χ2n) is 6.64. The zero-order valence-corrected chi connectivity index (χ0v) is 19.8. The first-order valence-electron chi connectivity index (χ1n) is 9.57. The van der Waals surface area contributed by atoms with Crippen molar-refractivity contribution >= 4 is 35.8 Å². The van der Waals surface area contributed by atoms with Gasteiger partial charge in [0.15, 0.2) is 5.96 Å². The summed E-state index contributed by atoms with van der Waals surface area (Å²) in [6.45, 7) is 5.32. The van der Waals surface area contributed by atoms with E-state index in [1.54, 1.807) is 19.2 Å². The molecule has 1 heterocycles. The molecular formula is C21H29FIN7. The predicted molar refractivity (Wildman–Crippen MR) is 130 cm³/mol. The van der Waals surface area contributed by atoms with Gasteiger partial charge in [0.1, 0.15) is 23.3 Å². The molecule has 0 spiro atoms. The molecule has 0 atom stereocenters. The number of nitrogens with one attached hydrogen (secondary N) is 1. The Balaban J connectivity index is 0.00000450. The van der Waals surface area contributed by atoms with Gasteiger partial charge in [-0.25, -0.2) is 9.07 Å². The maximum absolute atomic E-state index is 13.2. The van der Waals surface area contributed by atoms with Gasteiger partial charge in [0.2, 0.25) is 0 Å². The zero-order chi connectivity index (χ0) is 21.2. The molecular weight excluding hydrogens is 496 g/mol. The number of nitrogens with zero attached hydrogens (tertiary/aromatic N) is 5. The van der Waals surface area contributed by atoms with Gasteiger partial charge in [0.25, 0.3) is 0 Å². The molecule has 1 aromatic heterocycles. The number of hydrogen-bond acceptors (Lipinski definition) is 4. The van der Waals surface area contributed by atoms with Gasteiger partial charge in [-0.15, -0.1) is 30.6 Å². The molecule has 3 N–H and O–H groups in total. The standard InChI is InChI=1S/C21H28FN7.HI/c1-4-5-6-14-28(3)21(25-2)26-13-7-8-19-18(15-23)20(24)29(27-19)17-11-9-16(22)10-12-17;/h4,9-12H,1,5-8,13-14,24H2,2-3H3,(H,25,26);1H. The van der Waals surface area contributed by atoms with E-state index in [2.05, 4.69) is 33.0 Å². The van der Waals surface area contributed by atoms with Gasteiger partial charge in [-0.3, -0.25) is 4.99 Å². The fourth-order valence-electron chi connectivity index (χ4n) is 2.97. The van der Waals surface area contributed by atoms with Gasteiger partial charge in [0, 0.05) is 27.2 Å². The van der Waals surface area contributed by atoms with E-state index in [0.29, 0.717) is 29.9 Å². The molecule has 1 aromatic carbocycles. The second-order valence-corrected chi connectivity index (χ2v) is 6.64. The minimum Gasteiger partial charge on any atom is -0.382 e. The van der Waals surface area contributed by atoms with Gasteiger partial charge in [0.05, 0.1) is 11.4 Å². The number of nitrogens with two attached hydrogens (primary N) is 1. The summed E-state index contributed by atoms with van der Waals surface area (Å²) in [5, 5.41) is 17.3. The van der Waals surface area contributed by atoms with Gasteiger partial charge >= 0.3 is 0 Å². The molecule has 162 valence electrons. The molecule has 2 aromatic rings. The quantitative estimate of drug-likeness (QED) is 0.172. The summed E-state index contributed by atoms with van der Waals surface area (Å²) in [6, 6.07) is 7.96. The van der Waals surface area contributed by atoms with E-state index in [0.717, 1.165) is 31.8 Å². The van der Waals surface area contributed by atoms with Crippen molar-refractivity contribution in [2.45, 2.75) is 25.7 Å². The Bertz CT molecular complexity index is 884. The number of aromatic nitrogens is 2. The van der Waals surface area contributed by atoms with E-state index in [1.165, 1.54) is 16.8 Å². The van der Waals surface area contributed by atoms with Crippen molar-refractivity contribution in [3.63, 3.8) is 0 Å². The maximum Gasteiger partial charge on any atom is 0.193 e. The average molecular weight is 525 g/mol. The molecule has 30 heavy (non-hydrogen) atoms. The van der Waals surface area contributed by atoms with Crippen molar-refractivity contribution in [3.05, 3.63) is 54.0 Å². The third-order valence-corrected chi connectivity index (χ3v) is 4.53. The highest BCUT2D eigenvalue weighted by Gasteiger charge is 2.16. The van der Waals surface area contributed by atoms with E-state index < -0.39 is 0 Å². The lowest BCUT2D eigenvalue weighted by Gasteiger charge is -2.21. The number of halogens is 2. The summed E-state index contributed by atoms with van der Waals surface area (Å²) in [5.74, 6) is 0.750. The van der Waals surface area contributed by atoms with Gasteiger partial charge < -0.3 is 16.0 Å². The number of anilines is 1. The summed E-state index contributed by atoms with van der Waals surface area (Å²) in [6.07, 6.45) is 5.25. The first kappa shape index (κ1) is 25.4. The first-order valence-corrected chi connectivity index (χ1v) is 9.57. The molecule has 0 unspecified atom stereocenters. The molecule has 0 saturated carbocycles. The molecule has 0 fully saturated rings. The number of nitriles is 1. The van der Waals surface area contributed by atoms with Crippen LogP contribution in [0.15, 0.2) is 41.9 Å². The van der Waals surface area contributed by atoms with Gasteiger partial charge in [-0.1, -0.05) is 6.08 Å². The predicted octanol–water partition coefficient (Wildman–Crippen LogP) is 3.49. The van der Waals surface area contributed by atoms with Crippen LogP contribution in [-0.4, -0.2) is 47.8 Å². The van der Waals surface area contributed by atoms with E-state index in [9.17, 15) is 9.65 Å². The molecule has 0 radical (unpaired) electrons. The van der Waals surface area contributed by atoms with Crippen LogP contribution in [0, 0.1) is 17.1 Å². The van der Waals surface area contributed by atoms with Crippen molar-refractivity contribution in [1.29, 1.82) is 5.26 Å². The third-order valence-electron chi connectivity index (χ3n) is 4.53. The van der Waals surface area contributed by atoms with Crippen LogP contribution in [0.25, 0.3) is 5.69 Å². The number of allylic oxidation sites excluding steroid dienone is 1. The second kappa shape index (κ2) is 12.8. The van der Waals surface area contributed by atoms with Crippen LogP contribution in [0.2, 0.25) is 0 Å². The molecule has 0 aliphatic carbocycles. The fraction of sp³-hybridized carbons (Fsp3) is 0.381. The Hall–Kier alpha value is -2.61. The van der Waals surface area contributed by atoms with E-state index in [1.807, 2.05) is 13.1 Å². The number of nitrogen functional groups attached to an aromatic ring is 1. The van der Waals surface area contributed by atoms with Crippen molar-refractivity contribution in [2.24, 2.45) is 4.99 Å². The Kier molecular flexibility index (Phi) is 10.9. The minimum atomic E-state index is -0.339. The number of benzene rings is 1. The maximum atomic E-state index is 13.2. The van der Waals surface area contributed by atoms with E-state index >= 15 is 0 Å². The van der Waals surface area contributed by atoms with Crippen molar-refractivity contribution < 1.29 is 4.39 Å². The van der Waals surface area contributed by atoms with E-state index in [4.69, 9.17) is 5.73 Å². The smallest absolute Gasteiger partial charge is 0.193 e. The fourth-order valence-corrected chi connectivity index (χ4v) is 2.97. The van der Waals surface area contributed by atoms with Crippen LogP contribution in [0.5, 0.6) is 0 Å². The molecule has 0 aliphatic rings. The number of guanidine groups is 1. The Morgan fingerprint density at radius 1 is 1.40 bits per heavy atom. The Morgan fingerprint density at radius 2 is 2.10 bits per heavy atom. The highest BCUT2D eigenvalue weighted by atomic mass is 127. The summed E-state index contributed by atoms with van der Waals surface area (Å²) in [5.41, 5.74) is 7.70. The van der Waals surface area contributed by atoms with Crippen LogP contribution in [0.3, 0.4) is 0 Å². The molecule has 0 amide bonds. The largest absolute Gasteiger partial charge is 0.382 e. The van der Waals surface area contributed by atoms with E-state index in [-0.39, 0.29) is 35.6 Å².